The summed E-state index contributed by atoms with van der Waals surface area (Å²) in [5, 5.41) is 12.1. The number of hydrogen-bond acceptors (Lipinski definition) is 3. The van der Waals surface area contributed by atoms with Gasteiger partial charge in [-0.2, -0.15) is 5.26 Å². The summed E-state index contributed by atoms with van der Waals surface area (Å²) in [7, 11) is 0. The average Bonchev–Trinajstić information content (AvgIpc) is 2.06. The Balaban J connectivity index is 2.35. The molecule has 1 N–H and O–H groups in total. The molecule has 1 fully saturated rings. The third-order valence-corrected chi connectivity index (χ3v) is 2.07. The Morgan fingerprint density at radius 2 is 2.00 bits per heavy atom. The molecule has 0 spiro atoms. The first kappa shape index (κ1) is 9.50. The lowest BCUT2D eigenvalue weighted by Gasteiger charge is -2.29. The van der Waals surface area contributed by atoms with Crippen molar-refractivity contribution in [2.45, 2.75) is 38.3 Å². The number of nitrogens with one attached hydrogen (secondary N) is 1. The van der Waals surface area contributed by atoms with Gasteiger partial charge in [0.15, 0.2) is 0 Å². The molecule has 12 heavy (non-hydrogen) atoms. The van der Waals surface area contributed by atoms with Crippen LogP contribution < -0.4 is 5.32 Å². The fourth-order valence-electron chi connectivity index (χ4n) is 1.38. The third-order valence-electron chi connectivity index (χ3n) is 2.07. The zero-order valence-corrected chi connectivity index (χ0v) is 7.76. The number of hydrogen-bond donors (Lipinski definition) is 1. The van der Waals surface area contributed by atoms with Gasteiger partial charge in [-0.05, 0) is 26.7 Å². The highest BCUT2D eigenvalue weighted by Crippen LogP contribution is 2.10. The maximum absolute atomic E-state index is 8.78. The zero-order valence-electron chi connectivity index (χ0n) is 7.76. The molecule has 0 unspecified atom stereocenters. The van der Waals surface area contributed by atoms with Gasteiger partial charge in [0.25, 0.3) is 0 Å². The molecule has 1 saturated heterocycles. The first-order valence-electron chi connectivity index (χ1n) is 4.41. The van der Waals surface area contributed by atoms with Crippen LogP contribution in [0.3, 0.4) is 0 Å². The minimum Gasteiger partial charge on any atom is -0.381 e. The van der Waals surface area contributed by atoms with Crippen molar-refractivity contribution < 1.29 is 4.74 Å². The van der Waals surface area contributed by atoms with Gasteiger partial charge in [-0.3, -0.25) is 5.32 Å². The molecule has 1 heterocycles. The van der Waals surface area contributed by atoms with Gasteiger partial charge in [0.2, 0.25) is 0 Å². The molecule has 1 aliphatic heterocycles. The molecule has 3 nitrogen and oxygen atoms in total. The quantitative estimate of drug-likeness (QED) is 0.670. The van der Waals surface area contributed by atoms with Crippen LogP contribution in [-0.4, -0.2) is 24.8 Å². The second-order valence-electron chi connectivity index (χ2n) is 3.77. The summed E-state index contributed by atoms with van der Waals surface area (Å²) in [5.41, 5.74) is -0.401. The number of ether oxygens (including phenoxy) is 1. The van der Waals surface area contributed by atoms with Crippen LogP contribution in [0.15, 0.2) is 0 Å². The summed E-state index contributed by atoms with van der Waals surface area (Å²) in [6, 6.07) is 2.69. The molecular weight excluding hydrogens is 152 g/mol. The molecule has 0 aromatic carbocycles. The normalized spacial score (nSPS) is 20.4. The zero-order chi connectivity index (χ0) is 9.03. The van der Waals surface area contributed by atoms with E-state index < -0.39 is 5.54 Å². The lowest BCUT2D eigenvalue weighted by molar-refractivity contribution is 0.0733. The van der Waals surface area contributed by atoms with Crippen molar-refractivity contribution in [2.75, 3.05) is 13.2 Å². The Kier molecular flexibility index (Phi) is 3.07. The van der Waals surface area contributed by atoms with E-state index in [1.807, 2.05) is 13.8 Å². The monoisotopic (exact) mass is 168 g/mol. The highest BCUT2D eigenvalue weighted by Gasteiger charge is 2.22. The van der Waals surface area contributed by atoms with Gasteiger partial charge in [0.05, 0.1) is 6.07 Å². The molecule has 1 aliphatic rings. The van der Waals surface area contributed by atoms with Crippen molar-refractivity contribution in [2.24, 2.45) is 0 Å². The SMILES string of the molecule is CC(C)(C#N)NC1CCOCC1. The highest BCUT2D eigenvalue weighted by atomic mass is 16.5. The molecule has 0 aromatic heterocycles. The molecule has 0 atom stereocenters. The second kappa shape index (κ2) is 3.88. The van der Waals surface area contributed by atoms with Crippen molar-refractivity contribution in [1.29, 1.82) is 5.26 Å². The van der Waals surface area contributed by atoms with E-state index >= 15 is 0 Å². The van der Waals surface area contributed by atoms with E-state index in [-0.39, 0.29) is 0 Å². The lowest BCUT2D eigenvalue weighted by Crippen LogP contribution is -2.47. The average molecular weight is 168 g/mol. The van der Waals surface area contributed by atoms with Gasteiger partial charge < -0.3 is 4.74 Å². The van der Waals surface area contributed by atoms with Gasteiger partial charge >= 0.3 is 0 Å². The van der Waals surface area contributed by atoms with Crippen LogP contribution in [0.5, 0.6) is 0 Å². The Hall–Kier alpha value is -0.590. The largest absolute Gasteiger partial charge is 0.381 e. The molecule has 0 saturated carbocycles. The fourth-order valence-corrected chi connectivity index (χ4v) is 1.38. The Morgan fingerprint density at radius 3 is 2.50 bits per heavy atom. The van der Waals surface area contributed by atoms with Gasteiger partial charge in [0.1, 0.15) is 5.54 Å². The van der Waals surface area contributed by atoms with E-state index in [0.29, 0.717) is 6.04 Å². The van der Waals surface area contributed by atoms with Crippen molar-refractivity contribution in [3.05, 3.63) is 0 Å². The number of nitrogens with zero attached hydrogens (tertiary/aromatic N) is 1. The Labute approximate surface area is 73.7 Å². The van der Waals surface area contributed by atoms with Crippen LogP contribution in [0.25, 0.3) is 0 Å². The summed E-state index contributed by atoms with van der Waals surface area (Å²) in [6.07, 6.45) is 2.04. The maximum atomic E-state index is 8.78. The first-order chi connectivity index (χ1) is 5.64. The van der Waals surface area contributed by atoms with Crippen LogP contribution in [0.2, 0.25) is 0 Å². The van der Waals surface area contributed by atoms with Crippen molar-refractivity contribution >= 4 is 0 Å². The van der Waals surface area contributed by atoms with Crippen LogP contribution in [0.1, 0.15) is 26.7 Å². The van der Waals surface area contributed by atoms with Crippen LogP contribution in [-0.2, 0) is 4.74 Å². The number of rotatable bonds is 2. The fraction of sp³-hybridized carbons (Fsp3) is 0.889. The van der Waals surface area contributed by atoms with Gasteiger partial charge in [-0.25, -0.2) is 0 Å². The van der Waals surface area contributed by atoms with E-state index in [0.717, 1.165) is 26.1 Å². The maximum Gasteiger partial charge on any atom is 0.101 e. The van der Waals surface area contributed by atoms with E-state index in [9.17, 15) is 0 Å². The molecule has 68 valence electrons. The summed E-state index contributed by atoms with van der Waals surface area (Å²) < 4.78 is 5.22. The third kappa shape index (κ3) is 2.80. The number of nitriles is 1. The van der Waals surface area contributed by atoms with Crippen molar-refractivity contribution in [3.63, 3.8) is 0 Å². The van der Waals surface area contributed by atoms with E-state index in [2.05, 4.69) is 11.4 Å². The van der Waals surface area contributed by atoms with E-state index in [1.165, 1.54) is 0 Å². The lowest BCUT2D eigenvalue weighted by atomic mass is 10.0. The Bertz CT molecular complexity index is 177. The van der Waals surface area contributed by atoms with Gasteiger partial charge in [0, 0.05) is 19.3 Å². The predicted molar refractivity (Wildman–Crippen MR) is 46.7 cm³/mol. The van der Waals surface area contributed by atoms with E-state index in [4.69, 9.17) is 10.00 Å². The Morgan fingerprint density at radius 1 is 1.42 bits per heavy atom. The molecule has 1 rings (SSSR count). The summed E-state index contributed by atoms with van der Waals surface area (Å²) in [4.78, 5) is 0. The topological polar surface area (TPSA) is 45.0 Å². The molecule has 0 radical (unpaired) electrons. The first-order valence-corrected chi connectivity index (χ1v) is 4.41. The predicted octanol–water partition coefficient (Wildman–Crippen LogP) is 1.06. The standard InChI is InChI=1S/C9H16N2O/c1-9(2,7-10)11-8-3-5-12-6-4-8/h8,11H,3-6H2,1-2H3. The summed E-state index contributed by atoms with van der Waals surface area (Å²) in [5.74, 6) is 0. The molecule has 0 bridgehead atoms. The molecule has 0 amide bonds. The minimum absolute atomic E-state index is 0.401. The van der Waals surface area contributed by atoms with Crippen LogP contribution in [0.4, 0.5) is 0 Å². The van der Waals surface area contributed by atoms with Crippen molar-refractivity contribution in [1.82, 2.24) is 5.32 Å². The smallest absolute Gasteiger partial charge is 0.101 e. The van der Waals surface area contributed by atoms with Gasteiger partial charge in [-0.1, -0.05) is 0 Å². The van der Waals surface area contributed by atoms with Crippen LogP contribution in [0, 0.1) is 11.3 Å². The van der Waals surface area contributed by atoms with Crippen LogP contribution >= 0.6 is 0 Å². The van der Waals surface area contributed by atoms with Crippen molar-refractivity contribution in [3.8, 4) is 6.07 Å². The van der Waals surface area contributed by atoms with Gasteiger partial charge in [-0.15, -0.1) is 0 Å². The molecular formula is C9H16N2O. The molecule has 0 aliphatic carbocycles. The highest BCUT2D eigenvalue weighted by molar-refractivity contribution is 5.01. The second-order valence-corrected chi connectivity index (χ2v) is 3.77. The van der Waals surface area contributed by atoms with E-state index in [1.54, 1.807) is 0 Å². The summed E-state index contributed by atoms with van der Waals surface area (Å²) >= 11 is 0. The molecule has 3 heteroatoms. The summed E-state index contributed by atoms with van der Waals surface area (Å²) in [6.45, 7) is 5.45. The minimum atomic E-state index is -0.401. The molecule has 0 aromatic rings.